The molecule has 0 aliphatic heterocycles. The number of hydrogen-bond acceptors (Lipinski definition) is 4. The summed E-state index contributed by atoms with van der Waals surface area (Å²) in [5.41, 5.74) is 0.0983. The minimum atomic E-state index is -1.06. The molecule has 2 N–H and O–H groups in total. The van der Waals surface area contributed by atoms with Gasteiger partial charge in [-0.25, -0.2) is 4.79 Å². The zero-order chi connectivity index (χ0) is 14.6. The fourth-order valence-corrected chi connectivity index (χ4v) is 1.20. The quantitative estimate of drug-likeness (QED) is 0.824. The van der Waals surface area contributed by atoms with Crippen molar-refractivity contribution in [3.8, 4) is 0 Å². The van der Waals surface area contributed by atoms with Crippen molar-refractivity contribution in [3.63, 3.8) is 0 Å². The van der Waals surface area contributed by atoms with E-state index < -0.39 is 5.97 Å². The zero-order valence-corrected chi connectivity index (χ0v) is 11.6. The Morgan fingerprint density at radius 3 is 2.42 bits per heavy atom. The number of likely N-dealkylation sites (N-methyl/N-ethyl adjacent to an activating group) is 1. The van der Waals surface area contributed by atoms with E-state index in [4.69, 9.17) is 5.11 Å². The Hall–Kier alpha value is -1.95. The third-order valence-electron chi connectivity index (χ3n) is 3.14. The molecule has 1 amide bonds. The van der Waals surface area contributed by atoms with Crippen molar-refractivity contribution in [1.82, 2.24) is 15.2 Å². The van der Waals surface area contributed by atoms with Crippen molar-refractivity contribution in [1.29, 1.82) is 0 Å². The van der Waals surface area contributed by atoms with Crippen LogP contribution in [0.5, 0.6) is 0 Å². The number of aromatic carboxylic acids is 1. The summed E-state index contributed by atoms with van der Waals surface area (Å²) in [6.45, 7) is 4.49. The number of carboxylic acids is 1. The van der Waals surface area contributed by atoms with Crippen LogP contribution in [0.15, 0.2) is 18.3 Å². The van der Waals surface area contributed by atoms with Crippen LogP contribution in [0, 0.1) is 0 Å². The van der Waals surface area contributed by atoms with Crippen molar-refractivity contribution in [2.24, 2.45) is 0 Å². The number of pyridine rings is 1. The summed E-state index contributed by atoms with van der Waals surface area (Å²) in [5.74, 6) is -1.37. The number of carbonyl (C=O) groups is 2. The largest absolute Gasteiger partial charge is 0.478 e. The number of rotatable bonds is 5. The number of carbonyl (C=O) groups excluding carboxylic acids is 1. The van der Waals surface area contributed by atoms with Gasteiger partial charge in [-0.05, 0) is 40.1 Å². The summed E-state index contributed by atoms with van der Waals surface area (Å²) in [6.07, 6.45) is 1.17. The lowest BCUT2D eigenvalue weighted by atomic mass is 10.0. The van der Waals surface area contributed by atoms with E-state index in [0.29, 0.717) is 6.54 Å². The first-order chi connectivity index (χ1) is 8.74. The van der Waals surface area contributed by atoms with Gasteiger partial charge in [0.1, 0.15) is 5.69 Å². The summed E-state index contributed by atoms with van der Waals surface area (Å²) in [4.78, 5) is 28.4. The normalized spacial score (nSPS) is 11.4. The van der Waals surface area contributed by atoms with Gasteiger partial charge >= 0.3 is 5.97 Å². The van der Waals surface area contributed by atoms with Crippen LogP contribution in [-0.4, -0.2) is 53.0 Å². The first kappa shape index (κ1) is 15.1. The molecule has 0 unspecified atom stereocenters. The maximum absolute atomic E-state index is 11.9. The van der Waals surface area contributed by atoms with E-state index in [1.54, 1.807) is 0 Å². The lowest BCUT2D eigenvalue weighted by Crippen LogP contribution is -2.48. The highest BCUT2D eigenvalue weighted by Gasteiger charge is 2.21. The fraction of sp³-hybridized carbons (Fsp3) is 0.462. The Balaban J connectivity index is 2.66. The molecular weight excluding hydrogens is 246 g/mol. The average molecular weight is 265 g/mol. The van der Waals surface area contributed by atoms with Crippen molar-refractivity contribution >= 4 is 11.9 Å². The van der Waals surface area contributed by atoms with E-state index in [1.807, 2.05) is 32.8 Å². The Morgan fingerprint density at radius 2 is 2.00 bits per heavy atom. The Morgan fingerprint density at radius 1 is 1.37 bits per heavy atom. The molecule has 0 aliphatic rings. The highest BCUT2D eigenvalue weighted by molar-refractivity contribution is 5.93. The van der Waals surface area contributed by atoms with Crippen LogP contribution >= 0.6 is 0 Å². The van der Waals surface area contributed by atoms with Gasteiger partial charge in [0.25, 0.3) is 5.91 Å². The molecule has 0 aromatic carbocycles. The maximum Gasteiger partial charge on any atom is 0.337 e. The molecule has 1 heterocycles. The van der Waals surface area contributed by atoms with Gasteiger partial charge in [-0.15, -0.1) is 0 Å². The predicted octanol–water partition coefficient (Wildman–Crippen LogP) is 0.850. The molecule has 19 heavy (non-hydrogen) atoms. The highest BCUT2D eigenvalue weighted by atomic mass is 16.4. The Kier molecular flexibility index (Phi) is 4.61. The van der Waals surface area contributed by atoms with E-state index in [1.165, 1.54) is 18.3 Å². The molecule has 0 radical (unpaired) electrons. The van der Waals surface area contributed by atoms with Crippen LogP contribution in [0.3, 0.4) is 0 Å². The minimum absolute atomic E-state index is 0.0603. The second kappa shape index (κ2) is 5.79. The highest BCUT2D eigenvalue weighted by Crippen LogP contribution is 2.08. The molecule has 0 bridgehead atoms. The standard InChI is InChI=1S/C13H19N3O3/c1-13(2,16(3)4)8-15-11(17)10-6-5-9(7-14-10)12(18)19/h5-7H,8H2,1-4H3,(H,15,17)(H,18,19). The average Bonchev–Trinajstić information content (AvgIpc) is 2.36. The second-order valence-corrected chi connectivity index (χ2v) is 5.13. The number of aromatic nitrogens is 1. The van der Waals surface area contributed by atoms with Crippen LogP contribution in [-0.2, 0) is 0 Å². The van der Waals surface area contributed by atoms with E-state index in [0.717, 1.165) is 0 Å². The summed E-state index contributed by atoms with van der Waals surface area (Å²) in [7, 11) is 3.87. The number of nitrogens with one attached hydrogen (secondary N) is 1. The molecule has 0 spiro atoms. The van der Waals surface area contributed by atoms with E-state index in [-0.39, 0.29) is 22.7 Å². The van der Waals surface area contributed by atoms with Crippen LogP contribution in [0.2, 0.25) is 0 Å². The zero-order valence-electron chi connectivity index (χ0n) is 11.6. The van der Waals surface area contributed by atoms with Gasteiger partial charge in [0.2, 0.25) is 0 Å². The maximum atomic E-state index is 11.9. The lowest BCUT2D eigenvalue weighted by molar-refractivity contribution is 0.0695. The molecule has 0 saturated carbocycles. The molecule has 0 atom stereocenters. The fourth-order valence-electron chi connectivity index (χ4n) is 1.20. The molecule has 0 fully saturated rings. The van der Waals surface area contributed by atoms with Gasteiger partial charge in [0.05, 0.1) is 5.56 Å². The third-order valence-corrected chi connectivity index (χ3v) is 3.14. The molecule has 0 aliphatic carbocycles. The summed E-state index contributed by atoms with van der Waals surface area (Å²) < 4.78 is 0. The topological polar surface area (TPSA) is 82.5 Å². The van der Waals surface area contributed by atoms with E-state index in [2.05, 4.69) is 10.3 Å². The van der Waals surface area contributed by atoms with Crippen LogP contribution in [0.25, 0.3) is 0 Å². The molecule has 1 aromatic heterocycles. The number of nitrogens with zero attached hydrogens (tertiary/aromatic N) is 2. The summed E-state index contributed by atoms with van der Waals surface area (Å²) in [6, 6.07) is 2.77. The summed E-state index contributed by atoms with van der Waals surface area (Å²) in [5, 5.41) is 11.5. The second-order valence-electron chi connectivity index (χ2n) is 5.13. The minimum Gasteiger partial charge on any atom is -0.478 e. The van der Waals surface area contributed by atoms with Gasteiger partial charge in [0.15, 0.2) is 0 Å². The van der Waals surface area contributed by atoms with Crippen LogP contribution in [0.1, 0.15) is 34.7 Å². The van der Waals surface area contributed by atoms with Gasteiger partial charge in [-0.2, -0.15) is 0 Å². The SMILES string of the molecule is CN(C)C(C)(C)CNC(=O)c1ccc(C(=O)O)cn1. The first-order valence-electron chi connectivity index (χ1n) is 5.89. The van der Waals surface area contributed by atoms with Gasteiger partial charge in [0, 0.05) is 18.3 Å². The van der Waals surface area contributed by atoms with E-state index >= 15 is 0 Å². The van der Waals surface area contributed by atoms with Gasteiger partial charge in [-0.1, -0.05) is 0 Å². The van der Waals surface area contributed by atoms with E-state index in [9.17, 15) is 9.59 Å². The van der Waals surface area contributed by atoms with Crippen molar-refractivity contribution < 1.29 is 14.7 Å². The third kappa shape index (κ3) is 4.03. The van der Waals surface area contributed by atoms with Crippen molar-refractivity contribution in [2.45, 2.75) is 19.4 Å². The Bertz CT molecular complexity index is 467. The predicted molar refractivity (Wildman–Crippen MR) is 71.3 cm³/mol. The molecule has 6 nitrogen and oxygen atoms in total. The number of hydrogen-bond donors (Lipinski definition) is 2. The van der Waals surface area contributed by atoms with Crippen molar-refractivity contribution in [2.75, 3.05) is 20.6 Å². The molecule has 104 valence electrons. The van der Waals surface area contributed by atoms with Crippen molar-refractivity contribution in [3.05, 3.63) is 29.6 Å². The molecule has 0 saturated heterocycles. The lowest BCUT2D eigenvalue weighted by Gasteiger charge is -2.32. The first-order valence-corrected chi connectivity index (χ1v) is 5.89. The monoisotopic (exact) mass is 265 g/mol. The van der Waals surface area contributed by atoms with Gasteiger partial charge < -0.3 is 15.3 Å². The smallest absolute Gasteiger partial charge is 0.337 e. The molecule has 6 heteroatoms. The molecule has 1 rings (SSSR count). The van der Waals surface area contributed by atoms with Gasteiger partial charge in [-0.3, -0.25) is 9.78 Å². The Labute approximate surface area is 112 Å². The van der Waals surface area contributed by atoms with Crippen LogP contribution in [0.4, 0.5) is 0 Å². The number of carboxylic acid groups (broad SMARTS) is 1. The molecule has 1 aromatic rings. The van der Waals surface area contributed by atoms with Crippen LogP contribution < -0.4 is 5.32 Å². The molecular formula is C13H19N3O3. The number of amides is 1. The summed E-state index contributed by atoms with van der Waals surface area (Å²) >= 11 is 0.